The third-order valence-corrected chi connectivity index (χ3v) is 7.19. The topological polar surface area (TPSA) is 262 Å². The minimum Gasteiger partial charge on any atom is -0.355 e. The molecule has 4 amide bonds. The number of amides is 4. The highest BCUT2D eigenvalue weighted by molar-refractivity contribution is 7.80. The average molecular weight is 765 g/mol. The van der Waals surface area contributed by atoms with Crippen molar-refractivity contribution >= 4 is 48.8 Å². The number of carbonyl (C=O) groups is 6. The maximum Gasteiger partial charge on any atom is 0.221 e. The van der Waals surface area contributed by atoms with Crippen LogP contribution in [0.5, 0.6) is 0 Å². The van der Waals surface area contributed by atoms with Gasteiger partial charge in [-0.25, -0.2) is 0 Å². The number of hydrogen-bond donors (Lipinski definition) is 10. The molecule has 0 aromatic carbocycles. The fraction of sp³-hybridized carbons (Fsp3) is 0.818. The van der Waals surface area contributed by atoms with Crippen LogP contribution >= 0.6 is 12.6 Å². The summed E-state index contributed by atoms with van der Waals surface area (Å²) in [5.41, 5.74) is 16.1. The lowest BCUT2D eigenvalue weighted by molar-refractivity contribution is -0.123. The molecule has 0 aromatic heterocycles. The van der Waals surface area contributed by atoms with Crippen LogP contribution in [-0.4, -0.2) is 189 Å². The number of nitrogens with two attached hydrogens (primary N) is 3. The Bertz CT molecular complexity index is 870. The van der Waals surface area contributed by atoms with Crippen LogP contribution in [0.3, 0.4) is 0 Å². The fourth-order valence-corrected chi connectivity index (χ4v) is 4.55. The quantitative estimate of drug-likeness (QED) is 0.0231. The summed E-state index contributed by atoms with van der Waals surface area (Å²) in [5, 5.41) is 16.8. The number of aldehydes is 2. The second kappa shape index (κ2) is 42.7. The molecule has 0 saturated carbocycles. The van der Waals surface area contributed by atoms with Crippen LogP contribution in [-0.2, 0) is 28.8 Å². The molecule has 0 heterocycles. The zero-order valence-electron chi connectivity index (χ0n) is 32.1. The van der Waals surface area contributed by atoms with Crippen molar-refractivity contribution in [3.05, 3.63) is 0 Å². The molecule has 0 rings (SSSR count). The minimum atomic E-state index is -0.100. The van der Waals surface area contributed by atoms with E-state index >= 15 is 0 Å². The lowest BCUT2D eigenvalue weighted by Gasteiger charge is -2.23. The zero-order chi connectivity index (χ0) is 39.7. The summed E-state index contributed by atoms with van der Waals surface area (Å²) in [6.07, 6.45) is 4.06. The summed E-state index contributed by atoms with van der Waals surface area (Å²) in [5.74, 6) is 0.388. The Morgan fingerprint density at radius 2 is 0.808 bits per heavy atom. The normalized spacial score (nSPS) is 10.5. The van der Waals surface area contributed by atoms with Crippen molar-refractivity contribution in [3.63, 3.8) is 0 Å². The van der Waals surface area contributed by atoms with Crippen molar-refractivity contribution in [3.8, 4) is 0 Å². The first kappa shape index (κ1) is 53.6. The molecule has 12 N–H and O–H groups in total. The van der Waals surface area contributed by atoms with Gasteiger partial charge in [-0.05, 0) is 21.1 Å². The highest BCUT2D eigenvalue weighted by Gasteiger charge is 2.13. The van der Waals surface area contributed by atoms with Crippen LogP contribution < -0.4 is 49.1 Å². The van der Waals surface area contributed by atoms with Gasteiger partial charge in [0, 0.05) is 156 Å². The first-order chi connectivity index (χ1) is 25.1. The molecule has 0 aliphatic heterocycles. The highest BCUT2D eigenvalue weighted by atomic mass is 32.1. The Morgan fingerprint density at radius 1 is 0.500 bits per heavy atom. The molecule has 0 unspecified atom stereocenters. The third kappa shape index (κ3) is 40.0. The number of nitrogens with zero attached hydrogens (tertiary/aromatic N) is 3. The number of rotatable bonds is 32. The number of carbonyl (C=O) groups excluding carboxylic acids is 6. The summed E-state index contributed by atoms with van der Waals surface area (Å²) in [6.45, 7) is 9.42. The molecule has 0 aromatic rings. The van der Waals surface area contributed by atoms with Gasteiger partial charge in [0.2, 0.25) is 23.6 Å². The van der Waals surface area contributed by atoms with Gasteiger partial charge in [-0.3, -0.25) is 19.2 Å². The molecule has 52 heavy (non-hydrogen) atoms. The zero-order valence-corrected chi connectivity index (χ0v) is 33.0. The van der Waals surface area contributed by atoms with Crippen molar-refractivity contribution < 1.29 is 28.8 Å². The molecule has 0 fully saturated rings. The van der Waals surface area contributed by atoms with Crippen LogP contribution in [0.2, 0.25) is 0 Å². The summed E-state index contributed by atoms with van der Waals surface area (Å²) in [4.78, 5) is 74.3. The molecule has 306 valence electrons. The maximum atomic E-state index is 12.2. The van der Waals surface area contributed by atoms with E-state index in [1.807, 2.05) is 30.9 Å². The number of hydrogen-bond acceptors (Lipinski definition) is 15. The first-order valence-corrected chi connectivity index (χ1v) is 18.8. The van der Waals surface area contributed by atoms with Crippen LogP contribution in [0.1, 0.15) is 38.5 Å². The first-order valence-electron chi connectivity index (χ1n) is 18.2. The van der Waals surface area contributed by atoms with Crippen molar-refractivity contribution in [2.45, 2.75) is 38.5 Å². The van der Waals surface area contributed by atoms with E-state index in [0.29, 0.717) is 123 Å². The van der Waals surface area contributed by atoms with Crippen LogP contribution in [0.25, 0.3) is 0 Å². The molecule has 18 nitrogen and oxygen atoms in total. The van der Waals surface area contributed by atoms with Gasteiger partial charge in [0.25, 0.3) is 0 Å². The van der Waals surface area contributed by atoms with Crippen LogP contribution in [0.15, 0.2) is 0 Å². The smallest absolute Gasteiger partial charge is 0.221 e. The lowest BCUT2D eigenvalue weighted by atomic mass is 10.3. The largest absolute Gasteiger partial charge is 0.355 e. The summed E-state index contributed by atoms with van der Waals surface area (Å²) < 4.78 is 0. The monoisotopic (exact) mass is 765 g/mol. The van der Waals surface area contributed by atoms with E-state index in [9.17, 15) is 28.8 Å². The van der Waals surface area contributed by atoms with E-state index in [0.717, 1.165) is 32.2 Å². The molecular weight excluding hydrogens is 693 g/mol. The molecular formula is C33H72N12O6S. The SMILES string of the molecule is CNC.CNCCN(CCC=O)CCC(=O)NCCN.NCCNC(=O)CCN(CCNC(=O)CCN(CCS)CCC=O)CCC(=O)NCCN. The van der Waals surface area contributed by atoms with Crippen molar-refractivity contribution in [1.29, 1.82) is 0 Å². The predicted octanol–water partition coefficient (Wildman–Crippen LogP) is -4.06. The molecule has 0 radical (unpaired) electrons. The third-order valence-electron chi connectivity index (χ3n) is 6.99. The average Bonchev–Trinajstić information content (AvgIpc) is 3.14. The van der Waals surface area contributed by atoms with E-state index in [4.69, 9.17) is 17.2 Å². The van der Waals surface area contributed by atoms with E-state index in [1.165, 1.54) is 0 Å². The van der Waals surface area contributed by atoms with Gasteiger partial charge in [0.15, 0.2) is 0 Å². The standard InChI is InChI=1S/C20H41N7O4S.C11H24N4O2.C2H7N/c21-5-7-23-18(29)3-12-27(13-4-19(30)24-8-6-22)14-9-25-20(31)2-11-26(15-17-32)10-1-16-28;1-13-6-9-15(7-2-10-16)8-3-11(17)14-5-4-12;1-3-2/h16,32H,1-15,17,21-22H2,(H,23,29)(H,24,30)(H,25,31);10,13H,2-9,12H2,1H3,(H,14,17);3H,1-2H3. The van der Waals surface area contributed by atoms with E-state index in [1.54, 1.807) is 0 Å². The molecule has 0 aliphatic rings. The molecule has 0 bridgehead atoms. The minimum absolute atomic E-state index is 0.0102. The second-order valence-electron chi connectivity index (χ2n) is 11.5. The summed E-state index contributed by atoms with van der Waals surface area (Å²) in [7, 11) is 5.63. The molecule has 0 atom stereocenters. The summed E-state index contributed by atoms with van der Waals surface area (Å²) in [6, 6.07) is 0. The molecule has 19 heteroatoms. The van der Waals surface area contributed by atoms with Gasteiger partial charge in [-0.15, -0.1) is 0 Å². The number of likely N-dealkylation sites (N-methyl/N-ethyl adjacent to an activating group) is 1. The number of thiol groups is 1. The van der Waals surface area contributed by atoms with Gasteiger partial charge in [0.1, 0.15) is 12.6 Å². The van der Waals surface area contributed by atoms with Gasteiger partial charge in [0.05, 0.1) is 0 Å². The number of nitrogens with one attached hydrogen (secondary N) is 6. The molecule has 0 aliphatic carbocycles. The Hall–Kier alpha value is -2.75. The van der Waals surface area contributed by atoms with Crippen molar-refractivity contribution in [2.24, 2.45) is 17.2 Å². The fourth-order valence-electron chi connectivity index (χ4n) is 4.27. The van der Waals surface area contributed by atoms with Crippen LogP contribution in [0.4, 0.5) is 0 Å². The van der Waals surface area contributed by atoms with Gasteiger partial charge < -0.3 is 73.4 Å². The highest BCUT2D eigenvalue weighted by Crippen LogP contribution is 1.98. The van der Waals surface area contributed by atoms with E-state index in [-0.39, 0.29) is 36.5 Å². The van der Waals surface area contributed by atoms with Crippen LogP contribution in [0, 0.1) is 0 Å². The predicted molar refractivity (Wildman–Crippen MR) is 211 cm³/mol. The molecule has 0 saturated heterocycles. The van der Waals surface area contributed by atoms with E-state index in [2.05, 4.69) is 49.4 Å². The Kier molecular flexibility index (Phi) is 44.0. The Morgan fingerprint density at radius 3 is 1.12 bits per heavy atom. The van der Waals surface area contributed by atoms with E-state index < -0.39 is 0 Å². The Labute approximate surface area is 317 Å². The van der Waals surface area contributed by atoms with Gasteiger partial charge >= 0.3 is 0 Å². The Balaban J connectivity index is -0.00000100. The van der Waals surface area contributed by atoms with Crippen molar-refractivity contribution in [1.82, 2.24) is 46.6 Å². The van der Waals surface area contributed by atoms with Gasteiger partial charge in [-0.2, -0.15) is 12.6 Å². The molecule has 0 spiro atoms. The lowest BCUT2D eigenvalue weighted by Crippen LogP contribution is -2.40. The maximum absolute atomic E-state index is 12.2. The van der Waals surface area contributed by atoms with Gasteiger partial charge in [-0.1, -0.05) is 0 Å². The second-order valence-corrected chi connectivity index (χ2v) is 12.0. The van der Waals surface area contributed by atoms with Crippen molar-refractivity contribution in [2.75, 3.05) is 138 Å². The summed E-state index contributed by atoms with van der Waals surface area (Å²) >= 11 is 4.21.